The summed E-state index contributed by atoms with van der Waals surface area (Å²) in [5, 5.41) is 3.46. The van der Waals surface area contributed by atoms with Gasteiger partial charge in [0.25, 0.3) is 0 Å². The molecule has 0 fully saturated rings. The standard InChI is InChI=1S/C11H21BrN2O2/c1-3-5-8(7-12)6-10(15)14-9(4-2)11(13)16/h8-9H,3-7H2,1-2H3,(H2,13,16)(H,14,15)/t8-,9+/m0/s1. The maximum atomic E-state index is 11.6. The second-order valence-electron chi connectivity index (χ2n) is 3.94. The van der Waals surface area contributed by atoms with Crippen LogP contribution in [0.1, 0.15) is 39.5 Å². The Bertz CT molecular complexity index is 234. The number of alkyl halides is 1. The molecule has 0 heterocycles. The number of amides is 2. The van der Waals surface area contributed by atoms with E-state index in [0.29, 0.717) is 18.8 Å². The van der Waals surface area contributed by atoms with E-state index in [0.717, 1.165) is 18.2 Å². The SMILES string of the molecule is CCC[C@H](CBr)CC(=O)N[C@H](CC)C(N)=O. The monoisotopic (exact) mass is 292 g/mol. The van der Waals surface area contributed by atoms with Crippen molar-refractivity contribution in [1.82, 2.24) is 5.32 Å². The molecule has 0 saturated carbocycles. The fourth-order valence-corrected chi connectivity index (χ4v) is 2.08. The lowest BCUT2D eigenvalue weighted by Crippen LogP contribution is -2.44. The zero-order valence-electron chi connectivity index (χ0n) is 9.96. The van der Waals surface area contributed by atoms with Gasteiger partial charge in [-0.15, -0.1) is 0 Å². The molecule has 4 nitrogen and oxygen atoms in total. The summed E-state index contributed by atoms with van der Waals surface area (Å²) in [6.45, 7) is 3.91. The van der Waals surface area contributed by atoms with Crippen molar-refractivity contribution in [2.75, 3.05) is 5.33 Å². The molecule has 2 atom stereocenters. The minimum atomic E-state index is -0.537. The lowest BCUT2D eigenvalue weighted by atomic mass is 10.0. The van der Waals surface area contributed by atoms with Crippen molar-refractivity contribution in [2.45, 2.75) is 45.6 Å². The molecular weight excluding hydrogens is 272 g/mol. The molecule has 0 aliphatic carbocycles. The molecule has 5 heteroatoms. The van der Waals surface area contributed by atoms with E-state index in [1.54, 1.807) is 0 Å². The Labute approximate surface area is 105 Å². The highest BCUT2D eigenvalue weighted by Crippen LogP contribution is 2.14. The van der Waals surface area contributed by atoms with Crippen LogP contribution in [0.4, 0.5) is 0 Å². The van der Waals surface area contributed by atoms with Gasteiger partial charge in [-0.2, -0.15) is 0 Å². The molecule has 0 aliphatic heterocycles. The summed E-state index contributed by atoms with van der Waals surface area (Å²) < 4.78 is 0. The van der Waals surface area contributed by atoms with Gasteiger partial charge in [-0.3, -0.25) is 9.59 Å². The van der Waals surface area contributed by atoms with Crippen molar-refractivity contribution >= 4 is 27.7 Å². The second kappa shape index (κ2) is 8.56. The molecule has 0 aliphatic rings. The Morgan fingerprint density at radius 2 is 2.00 bits per heavy atom. The first-order valence-corrected chi connectivity index (χ1v) is 6.81. The first-order valence-electron chi connectivity index (χ1n) is 5.69. The Hall–Kier alpha value is -0.580. The predicted octanol–water partition coefficient (Wildman–Crippen LogP) is 1.57. The summed E-state index contributed by atoms with van der Waals surface area (Å²) in [4.78, 5) is 22.6. The molecule has 0 unspecified atom stereocenters. The summed E-state index contributed by atoms with van der Waals surface area (Å²) in [6.07, 6.45) is 3.04. The third-order valence-corrected chi connectivity index (χ3v) is 3.39. The Balaban J connectivity index is 4.09. The number of rotatable bonds is 8. The molecule has 0 aromatic carbocycles. The fraction of sp³-hybridized carbons (Fsp3) is 0.818. The van der Waals surface area contributed by atoms with Crippen molar-refractivity contribution in [3.63, 3.8) is 0 Å². The highest BCUT2D eigenvalue weighted by atomic mass is 79.9. The van der Waals surface area contributed by atoms with Gasteiger partial charge >= 0.3 is 0 Å². The number of carbonyl (C=O) groups excluding carboxylic acids is 2. The Kier molecular flexibility index (Phi) is 8.25. The summed E-state index contributed by atoms with van der Waals surface area (Å²) in [5.74, 6) is -0.235. The van der Waals surface area contributed by atoms with Crippen LogP contribution < -0.4 is 11.1 Å². The van der Waals surface area contributed by atoms with E-state index in [-0.39, 0.29) is 5.91 Å². The minimum Gasteiger partial charge on any atom is -0.368 e. The van der Waals surface area contributed by atoms with Gasteiger partial charge in [-0.05, 0) is 18.8 Å². The van der Waals surface area contributed by atoms with Crippen LogP contribution in [0.15, 0.2) is 0 Å². The van der Waals surface area contributed by atoms with Crippen LogP contribution in [0.25, 0.3) is 0 Å². The zero-order valence-corrected chi connectivity index (χ0v) is 11.5. The third-order valence-electron chi connectivity index (χ3n) is 2.48. The van der Waals surface area contributed by atoms with Crippen molar-refractivity contribution < 1.29 is 9.59 Å². The van der Waals surface area contributed by atoms with Gasteiger partial charge in [0.15, 0.2) is 0 Å². The lowest BCUT2D eigenvalue weighted by Gasteiger charge is -2.16. The highest BCUT2D eigenvalue weighted by Gasteiger charge is 2.18. The largest absolute Gasteiger partial charge is 0.368 e. The van der Waals surface area contributed by atoms with Gasteiger partial charge in [-0.1, -0.05) is 36.2 Å². The van der Waals surface area contributed by atoms with Crippen LogP contribution in [0.3, 0.4) is 0 Å². The molecular formula is C11H21BrN2O2. The molecule has 0 spiro atoms. The van der Waals surface area contributed by atoms with Crippen LogP contribution in [0, 0.1) is 5.92 Å². The van der Waals surface area contributed by atoms with Crippen molar-refractivity contribution in [3.8, 4) is 0 Å². The number of halogens is 1. The van der Waals surface area contributed by atoms with Crippen molar-refractivity contribution in [3.05, 3.63) is 0 Å². The summed E-state index contributed by atoms with van der Waals surface area (Å²) in [7, 11) is 0. The van der Waals surface area contributed by atoms with Crippen molar-refractivity contribution in [1.29, 1.82) is 0 Å². The highest BCUT2D eigenvalue weighted by molar-refractivity contribution is 9.09. The second-order valence-corrected chi connectivity index (χ2v) is 4.59. The average Bonchev–Trinajstić information content (AvgIpc) is 2.24. The smallest absolute Gasteiger partial charge is 0.239 e. The van der Waals surface area contributed by atoms with Crippen LogP contribution in [0.2, 0.25) is 0 Å². The molecule has 16 heavy (non-hydrogen) atoms. The first kappa shape index (κ1) is 15.4. The third kappa shape index (κ3) is 6.10. The van der Waals surface area contributed by atoms with Crippen molar-refractivity contribution in [2.24, 2.45) is 11.7 Å². The Morgan fingerprint density at radius 3 is 2.38 bits per heavy atom. The number of nitrogens with one attached hydrogen (secondary N) is 1. The quantitative estimate of drug-likeness (QED) is 0.667. The maximum Gasteiger partial charge on any atom is 0.239 e. The topological polar surface area (TPSA) is 72.2 Å². The van der Waals surface area contributed by atoms with E-state index in [2.05, 4.69) is 28.2 Å². The van der Waals surface area contributed by atoms with Crippen LogP contribution >= 0.6 is 15.9 Å². The van der Waals surface area contributed by atoms with E-state index < -0.39 is 11.9 Å². The number of primary amides is 1. The molecule has 2 amide bonds. The van der Waals surface area contributed by atoms with E-state index in [1.807, 2.05) is 6.92 Å². The van der Waals surface area contributed by atoms with E-state index in [4.69, 9.17) is 5.73 Å². The van der Waals surface area contributed by atoms with Crippen LogP contribution in [0.5, 0.6) is 0 Å². The predicted molar refractivity (Wildman–Crippen MR) is 68.2 cm³/mol. The van der Waals surface area contributed by atoms with Gasteiger partial charge in [-0.25, -0.2) is 0 Å². The van der Waals surface area contributed by atoms with Gasteiger partial charge in [0.05, 0.1) is 0 Å². The first-order chi connectivity index (χ1) is 7.54. The molecule has 94 valence electrons. The molecule has 0 aromatic heterocycles. The van der Waals surface area contributed by atoms with Gasteiger partial charge in [0.1, 0.15) is 6.04 Å². The van der Waals surface area contributed by atoms with Gasteiger partial charge in [0, 0.05) is 11.8 Å². The molecule has 0 rings (SSSR count). The number of hydrogen-bond donors (Lipinski definition) is 2. The molecule has 0 aromatic rings. The number of nitrogens with two attached hydrogens (primary N) is 1. The summed E-state index contributed by atoms with van der Waals surface area (Å²) in [5.41, 5.74) is 5.15. The number of hydrogen-bond acceptors (Lipinski definition) is 2. The summed E-state index contributed by atoms with van der Waals surface area (Å²) >= 11 is 3.39. The van der Waals surface area contributed by atoms with Gasteiger partial charge in [0.2, 0.25) is 11.8 Å². The van der Waals surface area contributed by atoms with Crippen LogP contribution in [-0.4, -0.2) is 23.2 Å². The molecule has 3 N–H and O–H groups in total. The van der Waals surface area contributed by atoms with E-state index in [1.165, 1.54) is 0 Å². The molecule has 0 radical (unpaired) electrons. The van der Waals surface area contributed by atoms with E-state index >= 15 is 0 Å². The normalized spacial score (nSPS) is 14.2. The van der Waals surface area contributed by atoms with Crippen LogP contribution in [-0.2, 0) is 9.59 Å². The lowest BCUT2D eigenvalue weighted by molar-refractivity contribution is -0.127. The molecule has 0 bridgehead atoms. The maximum absolute atomic E-state index is 11.6. The van der Waals surface area contributed by atoms with Gasteiger partial charge < -0.3 is 11.1 Å². The Morgan fingerprint density at radius 1 is 1.38 bits per heavy atom. The number of carbonyl (C=O) groups is 2. The average molecular weight is 293 g/mol. The summed E-state index contributed by atoms with van der Waals surface area (Å²) in [6, 6.07) is -0.537. The molecule has 0 saturated heterocycles. The zero-order chi connectivity index (χ0) is 12.6. The van der Waals surface area contributed by atoms with E-state index in [9.17, 15) is 9.59 Å². The fourth-order valence-electron chi connectivity index (χ4n) is 1.53. The minimum absolute atomic E-state index is 0.0939.